The summed E-state index contributed by atoms with van der Waals surface area (Å²) in [5.41, 5.74) is 0.253. The third-order valence-electron chi connectivity index (χ3n) is 3.56. The zero-order valence-electron chi connectivity index (χ0n) is 10.8. The summed E-state index contributed by atoms with van der Waals surface area (Å²) >= 11 is 0. The summed E-state index contributed by atoms with van der Waals surface area (Å²) in [6.07, 6.45) is -4.13. The van der Waals surface area contributed by atoms with Crippen LogP contribution in [0.25, 0.3) is 0 Å². The number of hydrogen-bond acceptors (Lipinski definition) is 2. The number of alkyl halides is 3. The molecule has 6 heteroatoms. The van der Waals surface area contributed by atoms with E-state index in [-0.39, 0.29) is 43.8 Å². The molecule has 0 unspecified atom stereocenters. The van der Waals surface area contributed by atoms with Crippen molar-refractivity contribution in [2.75, 3.05) is 19.6 Å². The molecule has 0 radical (unpaired) electrons. The van der Waals surface area contributed by atoms with Gasteiger partial charge in [-0.3, -0.25) is 9.69 Å². The van der Waals surface area contributed by atoms with E-state index in [1.165, 1.54) is 18.2 Å². The van der Waals surface area contributed by atoms with Gasteiger partial charge in [0.25, 0.3) is 0 Å². The van der Waals surface area contributed by atoms with Gasteiger partial charge in [0.2, 0.25) is 0 Å². The molecule has 0 atom stereocenters. The Kier molecular flexibility index (Phi) is 4.42. The molecule has 1 aromatic rings. The van der Waals surface area contributed by atoms with Crippen molar-refractivity contribution in [3.8, 4) is 0 Å². The molecule has 0 saturated carbocycles. The second-order valence-electron chi connectivity index (χ2n) is 5.03. The fourth-order valence-corrected chi connectivity index (χ4v) is 2.37. The minimum Gasteiger partial charge on any atom is -0.296 e. The van der Waals surface area contributed by atoms with Crippen molar-refractivity contribution < 1.29 is 22.4 Å². The SMILES string of the molecule is O=C(CN1CCC(C(F)(F)F)CC1)c1cccc(F)c1. The van der Waals surface area contributed by atoms with Crippen LogP contribution >= 0.6 is 0 Å². The second-order valence-corrected chi connectivity index (χ2v) is 5.03. The van der Waals surface area contributed by atoms with Gasteiger partial charge in [-0.05, 0) is 38.1 Å². The van der Waals surface area contributed by atoms with Gasteiger partial charge in [0, 0.05) is 5.56 Å². The average Bonchev–Trinajstić information content (AvgIpc) is 2.38. The van der Waals surface area contributed by atoms with E-state index >= 15 is 0 Å². The van der Waals surface area contributed by atoms with Crippen molar-refractivity contribution in [3.05, 3.63) is 35.6 Å². The molecule has 1 heterocycles. The summed E-state index contributed by atoms with van der Waals surface area (Å²) in [4.78, 5) is 13.6. The van der Waals surface area contributed by atoms with Crippen molar-refractivity contribution in [1.82, 2.24) is 4.90 Å². The number of rotatable bonds is 3. The summed E-state index contributed by atoms with van der Waals surface area (Å²) in [5.74, 6) is -2.04. The van der Waals surface area contributed by atoms with Gasteiger partial charge < -0.3 is 0 Å². The number of likely N-dealkylation sites (tertiary alicyclic amines) is 1. The molecular weight excluding hydrogens is 274 g/mol. The molecule has 1 aliphatic rings. The van der Waals surface area contributed by atoms with Gasteiger partial charge >= 0.3 is 6.18 Å². The zero-order valence-corrected chi connectivity index (χ0v) is 10.8. The van der Waals surface area contributed by atoms with Crippen LogP contribution in [0.15, 0.2) is 24.3 Å². The molecule has 1 aromatic carbocycles. The summed E-state index contributed by atoms with van der Waals surface area (Å²) in [6.45, 7) is 0.518. The molecule has 0 amide bonds. The number of carbonyl (C=O) groups is 1. The van der Waals surface area contributed by atoms with E-state index in [2.05, 4.69) is 0 Å². The Labute approximate surface area is 114 Å². The maximum Gasteiger partial charge on any atom is 0.391 e. The topological polar surface area (TPSA) is 20.3 Å². The van der Waals surface area contributed by atoms with E-state index < -0.39 is 17.9 Å². The maximum atomic E-state index is 13.0. The molecule has 0 aromatic heterocycles. The van der Waals surface area contributed by atoms with Gasteiger partial charge in [0.05, 0.1) is 12.5 Å². The van der Waals surface area contributed by atoms with Crippen LogP contribution in [-0.4, -0.2) is 36.5 Å². The highest BCUT2D eigenvalue weighted by Crippen LogP contribution is 2.34. The summed E-state index contributed by atoms with van der Waals surface area (Å²) < 4.78 is 50.5. The largest absolute Gasteiger partial charge is 0.391 e. The molecule has 2 nitrogen and oxygen atoms in total. The molecule has 0 spiro atoms. The number of halogens is 4. The lowest BCUT2D eigenvalue weighted by Gasteiger charge is -2.32. The van der Waals surface area contributed by atoms with Gasteiger partial charge in [-0.15, -0.1) is 0 Å². The number of hydrogen-bond donors (Lipinski definition) is 0. The van der Waals surface area contributed by atoms with Crippen LogP contribution in [0, 0.1) is 11.7 Å². The highest BCUT2D eigenvalue weighted by atomic mass is 19.4. The van der Waals surface area contributed by atoms with Gasteiger partial charge in [-0.25, -0.2) is 4.39 Å². The lowest BCUT2D eigenvalue weighted by atomic mass is 9.96. The molecule has 110 valence electrons. The predicted molar refractivity (Wildman–Crippen MR) is 65.9 cm³/mol. The monoisotopic (exact) mass is 289 g/mol. The smallest absolute Gasteiger partial charge is 0.296 e. The zero-order chi connectivity index (χ0) is 14.8. The van der Waals surface area contributed by atoms with Crippen molar-refractivity contribution in [2.24, 2.45) is 5.92 Å². The Morgan fingerprint density at radius 2 is 1.90 bits per heavy atom. The highest BCUT2D eigenvalue weighted by molar-refractivity contribution is 5.97. The van der Waals surface area contributed by atoms with Crippen molar-refractivity contribution >= 4 is 5.78 Å². The fourth-order valence-electron chi connectivity index (χ4n) is 2.37. The Balaban J connectivity index is 1.88. The van der Waals surface area contributed by atoms with Gasteiger partial charge in [0.15, 0.2) is 5.78 Å². The lowest BCUT2D eigenvalue weighted by molar-refractivity contribution is -0.184. The van der Waals surface area contributed by atoms with Crippen LogP contribution in [0.2, 0.25) is 0 Å². The number of carbonyl (C=O) groups excluding carboxylic acids is 1. The molecule has 0 aliphatic carbocycles. The normalized spacial score (nSPS) is 18.2. The van der Waals surface area contributed by atoms with E-state index in [1.54, 1.807) is 4.90 Å². The van der Waals surface area contributed by atoms with Crippen molar-refractivity contribution in [2.45, 2.75) is 19.0 Å². The third-order valence-corrected chi connectivity index (χ3v) is 3.56. The first-order chi connectivity index (χ1) is 9.36. The van der Waals surface area contributed by atoms with Gasteiger partial charge in [0.1, 0.15) is 5.82 Å². The minimum absolute atomic E-state index is 0.0138. The molecule has 1 saturated heterocycles. The van der Waals surface area contributed by atoms with Crippen LogP contribution in [0.5, 0.6) is 0 Å². The minimum atomic E-state index is -4.15. The number of nitrogens with zero attached hydrogens (tertiary/aromatic N) is 1. The molecule has 20 heavy (non-hydrogen) atoms. The Morgan fingerprint density at radius 3 is 2.45 bits per heavy atom. The Bertz CT molecular complexity index is 478. The summed E-state index contributed by atoms with van der Waals surface area (Å²) in [5, 5.41) is 0. The van der Waals surface area contributed by atoms with E-state index in [1.807, 2.05) is 0 Å². The Morgan fingerprint density at radius 1 is 1.25 bits per heavy atom. The van der Waals surface area contributed by atoms with Crippen LogP contribution in [0.4, 0.5) is 17.6 Å². The number of Topliss-reactive ketones (excluding diaryl/α,β-unsaturated/α-hetero) is 1. The summed E-state index contributed by atoms with van der Waals surface area (Å²) in [7, 11) is 0. The van der Waals surface area contributed by atoms with Gasteiger partial charge in [-0.1, -0.05) is 12.1 Å². The first-order valence-electron chi connectivity index (χ1n) is 6.44. The van der Waals surface area contributed by atoms with E-state index in [4.69, 9.17) is 0 Å². The van der Waals surface area contributed by atoms with E-state index in [9.17, 15) is 22.4 Å². The molecule has 0 N–H and O–H groups in total. The lowest BCUT2D eigenvalue weighted by Crippen LogP contribution is -2.41. The first kappa shape index (κ1) is 15.0. The second kappa shape index (κ2) is 5.91. The third kappa shape index (κ3) is 3.79. The molecule has 2 rings (SSSR count). The maximum absolute atomic E-state index is 13.0. The molecule has 0 bridgehead atoms. The van der Waals surface area contributed by atoms with Crippen LogP contribution in [0.1, 0.15) is 23.2 Å². The number of piperidine rings is 1. The van der Waals surface area contributed by atoms with E-state index in [0.717, 1.165) is 6.07 Å². The predicted octanol–water partition coefficient (Wildman–Crippen LogP) is 3.28. The Hall–Kier alpha value is -1.43. The standard InChI is InChI=1S/C14H15F4NO/c15-12-3-1-2-10(8-12)13(20)9-19-6-4-11(5-7-19)14(16,17)18/h1-3,8,11H,4-7,9H2. The molecular formula is C14H15F4NO. The molecule has 1 fully saturated rings. The van der Waals surface area contributed by atoms with E-state index in [0.29, 0.717) is 0 Å². The average molecular weight is 289 g/mol. The highest BCUT2D eigenvalue weighted by Gasteiger charge is 2.41. The molecule has 1 aliphatic heterocycles. The van der Waals surface area contributed by atoms with Crippen LogP contribution in [-0.2, 0) is 0 Å². The van der Waals surface area contributed by atoms with Crippen LogP contribution in [0.3, 0.4) is 0 Å². The number of benzene rings is 1. The number of ketones is 1. The summed E-state index contributed by atoms with van der Waals surface area (Å²) in [6, 6.07) is 5.34. The quantitative estimate of drug-likeness (QED) is 0.628. The first-order valence-corrected chi connectivity index (χ1v) is 6.44. The van der Waals surface area contributed by atoms with Crippen molar-refractivity contribution in [3.63, 3.8) is 0 Å². The fraction of sp³-hybridized carbons (Fsp3) is 0.500. The van der Waals surface area contributed by atoms with Crippen LogP contribution < -0.4 is 0 Å². The van der Waals surface area contributed by atoms with Crippen molar-refractivity contribution in [1.29, 1.82) is 0 Å². The van der Waals surface area contributed by atoms with Gasteiger partial charge in [-0.2, -0.15) is 13.2 Å².